The van der Waals surface area contributed by atoms with Gasteiger partial charge in [-0.15, -0.1) is 0 Å². The average molecular weight is 431 g/mol. The van der Waals surface area contributed by atoms with Crippen molar-refractivity contribution < 1.29 is 9.13 Å². The molecule has 2 aliphatic heterocycles. The van der Waals surface area contributed by atoms with Crippen LogP contribution in [0.25, 0.3) is 11.1 Å². The van der Waals surface area contributed by atoms with E-state index < -0.39 is 0 Å². The molecule has 1 saturated carbocycles. The molecular weight excluding hydrogens is 403 g/mol. The van der Waals surface area contributed by atoms with Gasteiger partial charge in [-0.3, -0.25) is 0 Å². The Hall–Kier alpha value is -1.76. The molecule has 1 aromatic heterocycles. The number of ether oxygens (including phenoxy) is 1. The number of nitrogens with one attached hydrogen (secondary N) is 1. The predicted octanol–water partition coefficient (Wildman–Crippen LogP) is 4.49. The van der Waals surface area contributed by atoms with Crippen LogP contribution in [0.5, 0.6) is 0 Å². The lowest BCUT2D eigenvalue weighted by Crippen LogP contribution is -2.32. The number of nitrogens with zero attached hydrogens (tertiary/aromatic N) is 3. The molecule has 0 amide bonds. The smallest absolute Gasteiger partial charge is 0.222 e. The molecule has 160 valence electrons. The van der Waals surface area contributed by atoms with Crippen LogP contribution in [-0.2, 0) is 4.74 Å². The maximum Gasteiger partial charge on any atom is 0.222 e. The summed E-state index contributed by atoms with van der Waals surface area (Å²) in [5, 5.41) is 4.00. The number of aromatic nitrogens is 2. The van der Waals surface area contributed by atoms with E-state index in [2.05, 4.69) is 20.2 Å². The maximum atomic E-state index is 13.5. The summed E-state index contributed by atoms with van der Waals surface area (Å²) in [4.78, 5) is 11.6. The molecule has 3 aliphatic rings. The van der Waals surface area contributed by atoms with Crippen molar-refractivity contribution in [2.24, 2.45) is 17.8 Å². The lowest BCUT2D eigenvalue weighted by atomic mass is 10.00. The number of hydrogen-bond donors (Lipinski definition) is 1. The number of anilines is 1. The largest absolute Gasteiger partial charge is 0.381 e. The van der Waals surface area contributed by atoms with Crippen molar-refractivity contribution in [2.45, 2.75) is 31.7 Å². The average Bonchev–Trinajstić information content (AvgIpc) is 3.29. The molecule has 3 fully saturated rings. The summed E-state index contributed by atoms with van der Waals surface area (Å²) in [6.45, 7) is 5.54. The van der Waals surface area contributed by atoms with Gasteiger partial charge in [0.2, 0.25) is 5.95 Å². The van der Waals surface area contributed by atoms with Crippen LogP contribution in [0.3, 0.4) is 0 Å². The fourth-order valence-corrected chi connectivity index (χ4v) is 5.63. The summed E-state index contributed by atoms with van der Waals surface area (Å²) < 4.78 is 19.0. The molecule has 1 N–H and O–H groups in total. The molecule has 0 bridgehead atoms. The van der Waals surface area contributed by atoms with Crippen LogP contribution < -0.4 is 5.32 Å². The Labute approximate surface area is 182 Å². The number of rotatable bonds is 5. The van der Waals surface area contributed by atoms with Crippen LogP contribution in [0.1, 0.15) is 25.7 Å². The number of likely N-dealkylation sites (tertiary alicyclic amines) is 1. The Balaban J connectivity index is 1.14. The highest BCUT2D eigenvalue weighted by Crippen LogP contribution is 2.39. The van der Waals surface area contributed by atoms with Crippen molar-refractivity contribution in [1.82, 2.24) is 14.9 Å². The summed E-state index contributed by atoms with van der Waals surface area (Å²) in [5.74, 6) is 2.67. The molecule has 2 aromatic rings. The van der Waals surface area contributed by atoms with Gasteiger partial charge >= 0.3 is 0 Å². The fraction of sp³-hybridized carbons (Fsp3) is 0.565. The van der Waals surface area contributed by atoms with Crippen LogP contribution in [0, 0.1) is 23.6 Å². The quantitative estimate of drug-likeness (QED) is 0.757. The summed E-state index contributed by atoms with van der Waals surface area (Å²) in [7, 11) is 0. The van der Waals surface area contributed by atoms with Crippen molar-refractivity contribution in [3.8, 4) is 11.1 Å². The van der Waals surface area contributed by atoms with Crippen molar-refractivity contribution in [3.05, 3.63) is 41.4 Å². The van der Waals surface area contributed by atoms with Gasteiger partial charge in [-0.25, -0.2) is 14.4 Å². The molecule has 2 saturated heterocycles. The van der Waals surface area contributed by atoms with Gasteiger partial charge in [0.05, 0.1) is 0 Å². The van der Waals surface area contributed by atoms with Gasteiger partial charge in [-0.05, 0) is 61.6 Å². The highest BCUT2D eigenvalue weighted by atomic mass is 35.5. The van der Waals surface area contributed by atoms with Gasteiger partial charge < -0.3 is 15.0 Å². The number of halogens is 2. The van der Waals surface area contributed by atoms with Gasteiger partial charge in [0.15, 0.2) is 0 Å². The third kappa shape index (κ3) is 4.46. The highest BCUT2D eigenvalue weighted by Gasteiger charge is 2.41. The van der Waals surface area contributed by atoms with E-state index in [1.54, 1.807) is 18.5 Å². The molecule has 1 aliphatic carbocycles. The van der Waals surface area contributed by atoms with Crippen LogP contribution >= 0.6 is 11.6 Å². The Kier molecular flexibility index (Phi) is 5.89. The van der Waals surface area contributed by atoms with Gasteiger partial charge in [-0.2, -0.15) is 0 Å². The van der Waals surface area contributed by atoms with Crippen molar-refractivity contribution >= 4 is 17.5 Å². The van der Waals surface area contributed by atoms with E-state index >= 15 is 0 Å². The Bertz CT molecular complexity index is 860. The van der Waals surface area contributed by atoms with Crippen LogP contribution in [0.2, 0.25) is 5.02 Å². The molecule has 3 atom stereocenters. The second kappa shape index (κ2) is 8.77. The van der Waals surface area contributed by atoms with E-state index in [0.29, 0.717) is 22.6 Å². The first-order valence-electron chi connectivity index (χ1n) is 11.0. The van der Waals surface area contributed by atoms with E-state index in [0.717, 1.165) is 36.5 Å². The topological polar surface area (TPSA) is 50.3 Å². The SMILES string of the molecule is Fc1ccc(Cl)c(-c2cnc(N[C@@H]3C[C@@H]4CN(CC5CCOCC5)C[C@@H]4C3)nc2)c1. The van der Waals surface area contributed by atoms with Crippen molar-refractivity contribution in [2.75, 3.05) is 38.2 Å². The van der Waals surface area contributed by atoms with E-state index in [9.17, 15) is 4.39 Å². The third-order valence-electron chi connectivity index (χ3n) is 6.91. The first kappa shape index (κ1) is 20.2. The monoisotopic (exact) mass is 430 g/mol. The highest BCUT2D eigenvalue weighted by molar-refractivity contribution is 6.33. The zero-order chi connectivity index (χ0) is 20.5. The molecule has 30 heavy (non-hydrogen) atoms. The number of benzene rings is 1. The first-order valence-corrected chi connectivity index (χ1v) is 11.4. The Morgan fingerprint density at radius 3 is 2.50 bits per heavy atom. The molecule has 1 aromatic carbocycles. The van der Waals surface area contributed by atoms with E-state index in [1.807, 2.05) is 0 Å². The van der Waals surface area contributed by atoms with E-state index in [4.69, 9.17) is 16.3 Å². The minimum absolute atomic E-state index is 0.319. The molecule has 5 rings (SSSR count). The van der Waals surface area contributed by atoms with Gasteiger partial charge in [0, 0.05) is 67.4 Å². The van der Waals surface area contributed by atoms with Crippen LogP contribution in [0.15, 0.2) is 30.6 Å². The summed E-state index contributed by atoms with van der Waals surface area (Å²) in [6, 6.07) is 4.75. The molecule has 7 heteroatoms. The molecule has 0 unspecified atom stereocenters. The van der Waals surface area contributed by atoms with Gasteiger partial charge in [0.1, 0.15) is 5.82 Å². The molecule has 5 nitrogen and oxygen atoms in total. The standard InChI is InChI=1S/C23H28ClFN4O/c24-22-2-1-19(25)9-21(22)18-10-26-23(27-11-18)28-20-7-16-13-29(14-17(16)8-20)12-15-3-5-30-6-4-15/h1-2,9-11,15-17,20H,3-8,12-14H2,(H,26,27,28)/t16-,17+,20-. The Morgan fingerprint density at radius 2 is 1.80 bits per heavy atom. The van der Waals surface area contributed by atoms with Crippen LogP contribution in [-0.4, -0.2) is 53.8 Å². The summed E-state index contributed by atoms with van der Waals surface area (Å²) in [5.41, 5.74) is 1.33. The zero-order valence-electron chi connectivity index (χ0n) is 17.1. The molecule has 0 radical (unpaired) electrons. The lowest BCUT2D eigenvalue weighted by molar-refractivity contribution is 0.0545. The van der Waals surface area contributed by atoms with Crippen LogP contribution in [0.4, 0.5) is 10.3 Å². The van der Waals surface area contributed by atoms with Gasteiger partial charge in [-0.1, -0.05) is 11.6 Å². The summed E-state index contributed by atoms with van der Waals surface area (Å²) >= 11 is 6.19. The minimum Gasteiger partial charge on any atom is -0.381 e. The Morgan fingerprint density at radius 1 is 1.10 bits per heavy atom. The number of fused-ring (bicyclic) bond motifs is 1. The lowest BCUT2D eigenvalue weighted by Gasteiger charge is -2.27. The maximum absolute atomic E-state index is 13.5. The van der Waals surface area contributed by atoms with E-state index in [-0.39, 0.29) is 5.82 Å². The van der Waals surface area contributed by atoms with Crippen molar-refractivity contribution in [3.63, 3.8) is 0 Å². The normalized spacial score (nSPS) is 27.3. The minimum atomic E-state index is -0.319. The van der Waals surface area contributed by atoms with Gasteiger partial charge in [0.25, 0.3) is 0 Å². The molecule has 3 heterocycles. The third-order valence-corrected chi connectivity index (χ3v) is 7.24. The second-order valence-corrected chi connectivity index (χ2v) is 9.43. The second-order valence-electron chi connectivity index (χ2n) is 9.03. The molecular formula is C23H28ClFN4O. The number of hydrogen-bond acceptors (Lipinski definition) is 5. The zero-order valence-corrected chi connectivity index (χ0v) is 17.8. The van der Waals surface area contributed by atoms with E-state index in [1.165, 1.54) is 57.5 Å². The first-order chi connectivity index (χ1) is 14.6. The molecule has 0 spiro atoms. The fourth-order valence-electron chi connectivity index (χ4n) is 5.40. The predicted molar refractivity (Wildman–Crippen MR) is 116 cm³/mol. The summed E-state index contributed by atoms with van der Waals surface area (Å²) in [6.07, 6.45) is 8.20. The van der Waals surface area contributed by atoms with Crippen molar-refractivity contribution in [1.29, 1.82) is 0 Å².